The first kappa shape index (κ1) is 19.2. The van der Waals surface area contributed by atoms with Crippen molar-refractivity contribution in [2.45, 2.75) is 33.3 Å². The summed E-state index contributed by atoms with van der Waals surface area (Å²) < 4.78 is 10.9. The van der Waals surface area contributed by atoms with Gasteiger partial charge in [-0.05, 0) is 52.0 Å². The second-order valence-corrected chi connectivity index (χ2v) is 7.68. The first-order valence-electron chi connectivity index (χ1n) is 9.21. The molecule has 0 aliphatic carbocycles. The molecule has 6 nitrogen and oxygen atoms in total. The summed E-state index contributed by atoms with van der Waals surface area (Å²) in [6.07, 6.45) is 1.78. The van der Waals surface area contributed by atoms with Gasteiger partial charge in [0.15, 0.2) is 0 Å². The lowest BCUT2D eigenvalue weighted by molar-refractivity contribution is 0.00706. The monoisotopic (exact) mass is 369 g/mol. The van der Waals surface area contributed by atoms with E-state index >= 15 is 0 Å². The van der Waals surface area contributed by atoms with E-state index in [4.69, 9.17) is 9.47 Å². The Labute approximate surface area is 160 Å². The van der Waals surface area contributed by atoms with Crippen molar-refractivity contribution < 1.29 is 14.3 Å². The molecule has 144 valence electrons. The third kappa shape index (κ3) is 5.20. The molecule has 0 saturated carbocycles. The number of ether oxygens (including phenoxy) is 2. The molecule has 1 saturated heterocycles. The van der Waals surface area contributed by atoms with Gasteiger partial charge in [-0.1, -0.05) is 11.6 Å². The van der Waals surface area contributed by atoms with E-state index in [0.717, 1.165) is 43.4 Å². The highest BCUT2D eigenvalue weighted by Gasteiger charge is 2.21. The lowest BCUT2D eigenvalue weighted by atomic mass is 10.1. The lowest BCUT2D eigenvalue weighted by Crippen LogP contribution is -2.36. The van der Waals surface area contributed by atoms with E-state index in [9.17, 15) is 4.79 Å². The molecule has 1 N–H and O–H groups in total. The van der Waals surface area contributed by atoms with Gasteiger partial charge in [-0.25, -0.2) is 9.78 Å². The molecule has 3 rings (SSSR count). The van der Waals surface area contributed by atoms with Crippen LogP contribution < -0.4 is 10.2 Å². The number of aromatic nitrogens is 1. The second kappa shape index (κ2) is 7.96. The molecule has 1 aromatic carbocycles. The maximum absolute atomic E-state index is 12.6. The van der Waals surface area contributed by atoms with Gasteiger partial charge in [0.05, 0.1) is 36.3 Å². The van der Waals surface area contributed by atoms with Crippen LogP contribution in [0, 0.1) is 6.92 Å². The predicted octanol–water partition coefficient (Wildman–Crippen LogP) is 3.93. The molecule has 0 atom stereocenters. The Balaban J connectivity index is 1.78. The van der Waals surface area contributed by atoms with E-state index in [1.807, 2.05) is 58.0 Å². The zero-order valence-electron chi connectivity index (χ0n) is 16.4. The van der Waals surface area contributed by atoms with Crippen LogP contribution in [0.4, 0.5) is 17.2 Å². The fourth-order valence-corrected chi connectivity index (χ4v) is 2.86. The summed E-state index contributed by atoms with van der Waals surface area (Å²) in [5, 5.41) is 3.29. The number of carbonyl (C=O) groups excluding carboxylic acids is 1. The Morgan fingerprint density at radius 3 is 2.56 bits per heavy atom. The number of hydrogen-bond donors (Lipinski definition) is 1. The van der Waals surface area contributed by atoms with Crippen LogP contribution in [-0.4, -0.2) is 42.9 Å². The SMILES string of the molecule is Cc1ccc(Nc2ccc(N3CCOCC3)nc2)c(C(=O)OC(C)(C)C)c1. The molecular weight excluding hydrogens is 342 g/mol. The van der Waals surface area contributed by atoms with Crippen LogP contribution in [0.15, 0.2) is 36.5 Å². The molecule has 1 aromatic heterocycles. The number of benzene rings is 1. The average Bonchev–Trinajstić information content (AvgIpc) is 2.63. The topological polar surface area (TPSA) is 63.7 Å². The smallest absolute Gasteiger partial charge is 0.340 e. The van der Waals surface area contributed by atoms with Gasteiger partial charge in [0.1, 0.15) is 11.4 Å². The molecule has 27 heavy (non-hydrogen) atoms. The van der Waals surface area contributed by atoms with Crippen molar-refractivity contribution >= 4 is 23.2 Å². The number of esters is 1. The number of anilines is 3. The van der Waals surface area contributed by atoms with Gasteiger partial charge in [-0.3, -0.25) is 0 Å². The van der Waals surface area contributed by atoms with Crippen LogP contribution in [0.1, 0.15) is 36.7 Å². The Morgan fingerprint density at radius 2 is 1.93 bits per heavy atom. The number of nitrogens with zero attached hydrogens (tertiary/aromatic N) is 2. The van der Waals surface area contributed by atoms with Crippen LogP contribution in [0.5, 0.6) is 0 Å². The van der Waals surface area contributed by atoms with E-state index in [1.165, 1.54) is 0 Å². The van der Waals surface area contributed by atoms with Gasteiger partial charge in [-0.2, -0.15) is 0 Å². The minimum atomic E-state index is -0.542. The lowest BCUT2D eigenvalue weighted by Gasteiger charge is -2.27. The van der Waals surface area contributed by atoms with Gasteiger partial charge in [0.2, 0.25) is 0 Å². The summed E-state index contributed by atoms with van der Waals surface area (Å²) in [6, 6.07) is 9.65. The van der Waals surface area contributed by atoms with E-state index in [2.05, 4.69) is 15.2 Å². The van der Waals surface area contributed by atoms with Gasteiger partial charge < -0.3 is 19.7 Å². The van der Waals surface area contributed by atoms with Gasteiger partial charge in [0, 0.05) is 13.1 Å². The third-order valence-electron chi connectivity index (χ3n) is 4.16. The molecule has 0 radical (unpaired) electrons. The first-order valence-corrected chi connectivity index (χ1v) is 9.21. The third-order valence-corrected chi connectivity index (χ3v) is 4.16. The van der Waals surface area contributed by atoms with Gasteiger partial charge in [0.25, 0.3) is 0 Å². The Kier molecular flexibility index (Phi) is 5.65. The molecule has 1 aliphatic rings. The highest BCUT2D eigenvalue weighted by atomic mass is 16.6. The van der Waals surface area contributed by atoms with Crippen molar-refractivity contribution in [2.75, 3.05) is 36.5 Å². The van der Waals surface area contributed by atoms with Crippen molar-refractivity contribution in [1.82, 2.24) is 4.98 Å². The zero-order valence-corrected chi connectivity index (χ0v) is 16.4. The van der Waals surface area contributed by atoms with Gasteiger partial charge >= 0.3 is 5.97 Å². The van der Waals surface area contributed by atoms with Crippen LogP contribution in [0.2, 0.25) is 0 Å². The second-order valence-electron chi connectivity index (χ2n) is 7.68. The maximum Gasteiger partial charge on any atom is 0.340 e. The fraction of sp³-hybridized carbons (Fsp3) is 0.429. The average molecular weight is 369 g/mol. The summed E-state index contributed by atoms with van der Waals surface area (Å²) in [5.74, 6) is 0.590. The number of hydrogen-bond acceptors (Lipinski definition) is 6. The van der Waals surface area contributed by atoms with E-state index in [0.29, 0.717) is 11.3 Å². The molecule has 2 heterocycles. The van der Waals surface area contributed by atoms with Crippen molar-refractivity contribution in [3.05, 3.63) is 47.7 Å². The first-order chi connectivity index (χ1) is 12.8. The number of nitrogens with one attached hydrogen (secondary N) is 1. The summed E-state index contributed by atoms with van der Waals surface area (Å²) >= 11 is 0. The van der Waals surface area contributed by atoms with Gasteiger partial charge in [-0.15, -0.1) is 0 Å². The van der Waals surface area contributed by atoms with Crippen molar-refractivity contribution in [3.63, 3.8) is 0 Å². The number of aryl methyl sites for hydroxylation is 1. The van der Waals surface area contributed by atoms with Crippen molar-refractivity contribution in [3.8, 4) is 0 Å². The molecule has 0 unspecified atom stereocenters. The quantitative estimate of drug-likeness (QED) is 0.824. The Hall–Kier alpha value is -2.60. The summed E-state index contributed by atoms with van der Waals surface area (Å²) in [4.78, 5) is 19.3. The van der Waals surface area contributed by atoms with Crippen LogP contribution >= 0.6 is 0 Å². The standard InChI is InChI=1S/C21H27N3O3/c1-15-5-7-18(17(13-15)20(25)27-21(2,3)4)23-16-6-8-19(22-14-16)24-9-11-26-12-10-24/h5-8,13-14,23H,9-12H2,1-4H3. The highest BCUT2D eigenvalue weighted by molar-refractivity contribution is 5.97. The normalized spacial score (nSPS) is 14.7. The van der Waals surface area contributed by atoms with Crippen molar-refractivity contribution in [2.24, 2.45) is 0 Å². The predicted molar refractivity (Wildman–Crippen MR) is 107 cm³/mol. The molecular formula is C21H27N3O3. The molecule has 6 heteroatoms. The Morgan fingerprint density at radius 1 is 1.19 bits per heavy atom. The molecule has 1 fully saturated rings. The van der Waals surface area contributed by atoms with E-state index in [-0.39, 0.29) is 5.97 Å². The van der Waals surface area contributed by atoms with Crippen LogP contribution in [0.3, 0.4) is 0 Å². The van der Waals surface area contributed by atoms with Crippen LogP contribution in [0.25, 0.3) is 0 Å². The summed E-state index contributed by atoms with van der Waals surface area (Å²) in [6.45, 7) is 10.7. The number of morpholine rings is 1. The number of carbonyl (C=O) groups is 1. The molecule has 2 aromatic rings. The fourth-order valence-electron chi connectivity index (χ4n) is 2.86. The number of pyridine rings is 1. The van der Waals surface area contributed by atoms with Crippen molar-refractivity contribution in [1.29, 1.82) is 0 Å². The largest absolute Gasteiger partial charge is 0.456 e. The van der Waals surface area contributed by atoms with E-state index < -0.39 is 5.60 Å². The molecule has 0 spiro atoms. The van der Waals surface area contributed by atoms with E-state index in [1.54, 1.807) is 6.20 Å². The summed E-state index contributed by atoms with van der Waals surface area (Å²) in [5.41, 5.74) is 2.50. The molecule has 1 aliphatic heterocycles. The summed E-state index contributed by atoms with van der Waals surface area (Å²) in [7, 11) is 0. The Bertz CT molecular complexity index is 791. The minimum Gasteiger partial charge on any atom is -0.456 e. The molecule has 0 bridgehead atoms. The maximum atomic E-state index is 12.6. The molecule has 0 amide bonds. The van der Waals surface area contributed by atoms with Crippen LogP contribution in [-0.2, 0) is 9.47 Å². The zero-order chi connectivity index (χ0) is 19.4. The number of rotatable bonds is 4. The highest BCUT2D eigenvalue weighted by Crippen LogP contribution is 2.25. The minimum absolute atomic E-state index is 0.341.